The number of aliphatic hydroxyl groups is 1. The molecule has 0 bridgehead atoms. The Hall–Kier alpha value is -0.770. The van der Waals surface area contributed by atoms with E-state index in [0.717, 1.165) is 34.9 Å². The number of hydrogen-bond acceptors (Lipinski definition) is 3. The van der Waals surface area contributed by atoms with E-state index >= 15 is 0 Å². The minimum absolute atomic E-state index is 0.288. The Labute approximate surface area is 127 Å². The zero-order chi connectivity index (χ0) is 15.1. The van der Waals surface area contributed by atoms with Crippen molar-refractivity contribution >= 4 is 11.6 Å². The average Bonchev–Trinajstić information content (AvgIpc) is 2.37. The summed E-state index contributed by atoms with van der Waals surface area (Å²) in [5.41, 5.74) is 2.07. The molecule has 3 nitrogen and oxygen atoms in total. The van der Waals surface area contributed by atoms with Crippen molar-refractivity contribution in [1.82, 2.24) is 5.32 Å². The monoisotopic (exact) mass is 299 g/mol. The van der Waals surface area contributed by atoms with Crippen molar-refractivity contribution in [3.63, 3.8) is 0 Å². The van der Waals surface area contributed by atoms with E-state index in [1.54, 1.807) is 0 Å². The average molecular weight is 300 g/mol. The first-order chi connectivity index (χ1) is 9.45. The molecular formula is C16H26ClNO2. The second-order valence-electron chi connectivity index (χ2n) is 5.46. The van der Waals surface area contributed by atoms with Gasteiger partial charge in [0.2, 0.25) is 0 Å². The van der Waals surface area contributed by atoms with Crippen LogP contribution in [-0.2, 0) is 0 Å². The summed E-state index contributed by atoms with van der Waals surface area (Å²) in [7, 11) is 0. The summed E-state index contributed by atoms with van der Waals surface area (Å²) in [6.07, 6.45) is 0.556. The number of benzene rings is 1. The van der Waals surface area contributed by atoms with Crippen molar-refractivity contribution in [3.8, 4) is 5.75 Å². The van der Waals surface area contributed by atoms with Crippen LogP contribution < -0.4 is 10.1 Å². The summed E-state index contributed by atoms with van der Waals surface area (Å²) in [6.45, 7) is 10.0. The van der Waals surface area contributed by atoms with Crippen LogP contribution >= 0.6 is 11.6 Å². The zero-order valence-electron chi connectivity index (χ0n) is 12.9. The summed E-state index contributed by atoms with van der Waals surface area (Å²) in [5.74, 6) is 1.15. The van der Waals surface area contributed by atoms with Gasteiger partial charge in [-0.25, -0.2) is 0 Å². The van der Waals surface area contributed by atoms with E-state index in [1.165, 1.54) is 0 Å². The minimum atomic E-state index is -0.501. The van der Waals surface area contributed by atoms with Gasteiger partial charge in [0.05, 0.1) is 0 Å². The summed E-state index contributed by atoms with van der Waals surface area (Å²) in [6, 6.07) is 3.91. The van der Waals surface area contributed by atoms with Crippen LogP contribution in [0.4, 0.5) is 0 Å². The molecule has 0 radical (unpaired) electrons. The lowest BCUT2D eigenvalue weighted by Gasteiger charge is -2.17. The molecule has 4 heteroatoms. The molecule has 0 aromatic heterocycles. The van der Waals surface area contributed by atoms with Crippen molar-refractivity contribution in [2.75, 3.05) is 19.7 Å². The van der Waals surface area contributed by atoms with Crippen LogP contribution in [0.25, 0.3) is 0 Å². The first-order valence-corrected chi connectivity index (χ1v) is 7.65. The summed E-state index contributed by atoms with van der Waals surface area (Å²) >= 11 is 6.23. The highest BCUT2D eigenvalue weighted by atomic mass is 35.5. The number of rotatable bonds is 8. The molecule has 1 rings (SSSR count). The lowest BCUT2D eigenvalue weighted by molar-refractivity contribution is 0.106. The number of aryl methyl sites for hydroxylation is 1. The third kappa shape index (κ3) is 5.31. The van der Waals surface area contributed by atoms with Gasteiger partial charge in [-0.05, 0) is 49.1 Å². The van der Waals surface area contributed by atoms with E-state index in [1.807, 2.05) is 19.1 Å². The van der Waals surface area contributed by atoms with Crippen LogP contribution in [0.5, 0.6) is 5.75 Å². The first kappa shape index (κ1) is 17.3. The Kier molecular flexibility index (Phi) is 7.35. The maximum absolute atomic E-state index is 9.85. The number of halogens is 1. The smallest absolute Gasteiger partial charge is 0.122 e. The molecule has 0 amide bonds. The van der Waals surface area contributed by atoms with Crippen LogP contribution in [-0.4, -0.2) is 30.9 Å². The predicted octanol–water partition coefficient (Wildman–Crippen LogP) is 3.51. The Morgan fingerprint density at radius 1 is 1.35 bits per heavy atom. The fraction of sp³-hybridized carbons (Fsp3) is 0.625. The lowest BCUT2D eigenvalue weighted by atomic mass is 10.0. The van der Waals surface area contributed by atoms with Gasteiger partial charge in [0.25, 0.3) is 0 Å². The van der Waals surface area contributed by atoms with E-state index in [4.69, 9.17) is 16.3 Å². The lowest BCUT2D eigenvalue weighted by Crippen LogP contribution is -2.31. The molecule has 1 atom stereocenters. The first-order valence-electron chi connectivity index (χ1n) is 7.27. The van der Waals surface area contributed by atoms with Gasteiger partial charge in [0.1, 0.15) is 18.5 Å². The molecule has 1 unspecified atom stereocenters. The highest BCUT2D eigenvalue weighted by Crippen LogP contribution is 2.31. The second-order valence-corrected chi connectivity index (χ2v) is 5.87. The van der Waals surface area contributed by atoms with Crippen LogP contribution in [0, 0.1) is 6.92 Å². The quantitative estimate of drug-likeness (QED) is 0.722. The Morgan fingerprint density at radius 3 is 2.65 bits per heavy atom. The Bertz CT molecular complexity index is 421. The minimum Gasteiger partial charge on any atom is -0.491 e. The molecule has 2 N–H and O–H groups in total. The van der Waals surface area contributed by atoms with Crippen molar-refractivity contribution < 1.29 is 9.84 Å². The Balaban J connectivity index is 2.61. The summed E-state index contributed by atoms with van der Waals surface area (Å²) < 4.78 is 5.73. The van der Waals surface area contributed by atoms with Crippen molar-refractivity contribution in [2.45, 2.75) is 46.1 Å². The van der Waals surface area contributed by atoms with Crippen molar-refractivity contribution in [3.05, 3.63) is 28.3 Å². The van der Waals surface area contributed by atoms with Crippen molar-refractivity contribution in [1.29, 1.82) is 0 Å². The summed E-state index contributed by atoms with van der Waals surface area (Å²) in [4.78, 5) is 0. The van der Waals surface area contributed by atoms with Crippen LogP contribution in [0.1, 0.15) is 44.2 Å². The topological polar surface area (TPSA) is 41.5 Å². The number of aliphatic hydroxyl groups excluding tert-OH is 1. The van der Waals surface area contributed by atoms with E-state index in [0.29, 0.717) is 12.5 Å². The van der Waals surface area contributed by atoms with E-state index in [-0.39, 0.29) is 6.61 Å². The molecule has 0 saturated heterocycles. The SMILES string of the molecule is CCCNCC(O)COc1cc(C(C)C)c(Cl)cc1C. The van der Waals surface area contributed by atoms with Crippen LogP contribution in [0.15, 0.2) is 12.1 Å². The van der Waals surface area contributed by atoms with Gasteiger partial charge in [0, 0.05) is 11.6 Å². The molecule has 0 aliphatic heterocycles. The van der Waals surface area contributed by atoms with E-state index < -0.39 is 6.10 Å². The molecule has 1 aromatic rings. The third-order valence-corrected chi connectivity index (χ3v) is 3.48. The van der Waals surface area contributed by atoms with Gasteiger partial charge in [-0.3, -0.25) is 0 Å². The largest absolute Gasteiger partial charge is 0.491 e. The maximum Gasteiger partial charge on any atom is 0.122 e. The fourth-order valence-electron chi connectivity index (χ4n) is 1.96. The van der Waals surface area contributed by atoms with Gasteiger partial charge in [0.15, 0.2) is 0 Å². The normalized spacial score (nSPS) is 12.8. The van der Waals surface area contributed by atoms with Gasteiger partial charge >= 0.3 is 0 Å². The summed E-state index contributed by atoms with van der Waals surface area (Å²) in [5, 5.41) is 13.8. The van der Waals surface area contributed by atoms with Gasteiger partial charge in [-0.1, -0.05) is 32.4 Å². The van der Waals surface area contributed by atoms with Gasteiger partial charge in [-0.15, -0.1) is 0 Å². The molecule has 114 valence electrons. The van der Waals surface area contributed by atoms with E-state index in [9.17, 15) is 5.11 Å². The fourth-order valence-corrected chi connectivity index (χ4v) is 2.39. The second kappa shape index (κ2) is 8.50. The zero-order valence-corrected chi connectivity index (χ0v) is 13.6. The molecular weight excluding hydrogens is 274 g/mol. The number of nitrogens with one attached hydrogen (secondary N) is 1. The molecule has 1 aromatic carbocycles. The molecule has 0 aliphatic rings. The van der Waals surface area contributed by atoms with Crippen molar-refractivity contribution in [2.24, 2.45) is 0 Å². The number of ether oxygens (including phenoxy) is 1. The predicted molar refractivity (Wildman–Crippen MR) is 84.9 cm³/mol. The number of hydrogen-bond donors (Lipinski definition) is 2. The molecule has 0 aliphatic carbocycles. The molecule has 0 heterocycles. The highest BCUT2D eigenvalue weighted by molar-refractivity contribution is 6.31. The van der Waals surface area contributed by atoms with Crippen LogP contribution in [0.2, 0.25) is 5.02 Å². The van der Waals surface area contributed by atoms with E-state index in [2.05, 4.69) is 26.1 Å². The molecule has 0 fully saturated rings. The molecule has 0 saturated carbocycles. The van der Waals surface area contributed by atoms with Crippen LogP contribution in [0.3, 0.4) is 0 Å². The highest BCUT2D eigenvalue weighted by Gasteiger charge is 2.11. The molecule has 0 spiro atoms. The standard InChI is InChI=1S/C16H26ClNO2/c1-5-6-18-9-13(19)10-20-16-8-14(11(2)3)15(17)7-12(16)4/h7-8,11,13,18-19H,5-6,9-10H2,1-4H3. The van der Waals surface area contributed by atoms with Gasteiger partial charge < -0.3 is 15.2 Å². The third-order valence-electron chi connectivity index (χ3n) is 3.15. The van der Waals surface area contributed by atoms with Gasteiger partial charge in [-0.2, -0.15) is 0 Å². The maximum atomic E-state index is 9.85. The molecule has 20 heavy (non-hydrogen) atoms. The Morgan fingerprint density at radius 2 is 2.05 bits per heavy atom.